The molecule has 0 aliphatic carbocycles. The van der Waals surface area contributed by atoms with Crippen molar-refractivity contribution in [1.82, 2.24) is 5.16 Å². The Hall–Kier alpha value is -1.62. The Morgan fingerprint density at radius 1 is 1.15 bits per heavy atom. The Labute approximate surface area is 123 Å². The van der Waals surface area contributed by atoms with E-state index in [0.29, 0.717) is 6.61 Å². The first-order valence-corrected chi connectivity index (χ1v) is 7.62. The molecule has 0 N–H and O–H groups in total. The SMILES string of the molecule is COc1ccc(OCCSCc2c(C)noc2C)cc1. The van der Waals surface area contributed by atoms with Gasteiger partial charge in [-0.25, -0.2) is 0 Å². The first kappa shape index (κ1) is 14.8. The number of hydrogen-bond donors (Lipinski definition) is 0. The van der Waals surface area contributed by atoms with E-state index in [1.165, 1.54) is 5.56 Å². The van der Waals surface area contributed by atoms with E-state index in [0.717, 1.165) is 34.5 Å². The molecular formula is C15H19NO3S. The summed E-state index contributed by atoms with van der Waals surface area (Å²) < 4.78 is 15.9. The van der Waals surface area contributed by atoms with E-state index in [2.05, 4.69) is 5.16 Å². The fourth-order valence-electron chi connectivity index (χ4n) is 1.77. The second kappa shape index (κ2) is 7.24. The Kier molecular flexibility index (Phi) is 5.35. The summed E-state index contributed by atoms with van der Waals surface area (Å²) in [6.45, 7) is 4.60. The predicted molar refractivity (Wildman–Crippen MR) is 80.6 cm³/mol. The summed E-state index contributed by atoms with van der Waals surface area (Å²) in [6.07, 6.45) is 0. The fourth-order valence-corrected chi connectivity index (χ4v) is 2.73. The highest BCUT2D eigenvalue weighted by atomic mass is 32.2. The van der Waals surface area contributed by atoms with E-state index in [4.69, 9.17) is 14.0 Å². The third kappa shape index (κ3) is 3.93. The van der Waals surface area contributed by atoms with Crippen LogP contribution in [0.2, 0.25) is 0 Å². The lowest BCUT2D eigenvalue weighted by molar-refractivity contribution is 0.342. The number of aryl methyl sites for hydroxylation is 2. The Morgan fingerprint density at radius 2 is 1.85 bits per heavy atom. The van der Waals surface area contributed by atoms with Crippen molar-refractivity contribution in [2.45, 2.75) is 19.6 Å². The van der Waals surface area contributed by atoms with Gasteiger partial charge in [0.15, 0.2) is 0 Å². The molecule has 0 spiro atoms. The van der Waals surface area contributed by atoms with E-state index in [1.807, 2.05) is 49.9 Å². The minimum absolute atomic E-state index is 0.681. The van der Waals surface area contributed by atoms with Crippen molar-refractivity contribution in [3.05, 3.63) is 41.3 Å². The fraction of sp³-hybridized carbons (Fsp3) is 0.400. The van der Waals surface area contributed by atoms with Gasteiger partial charge in [0.25, 0.3) is 0 Å². The monoisotopic (exact) mass is 293 g/mol. The van der Waals surface area contributed by atoms with Crippen LogP contribution < -0.4 is 9.47 Å². The molecule has 108 valence electrons. The van der Waals surface area contributed by atoms with Crippen LogP contribution in [0.5, 0.6) is 11.5 Å². The third-order valence-corrected chi connectivity index (χ3v) is 3.93. The molecule has 2 aromatic rings. The maximum Gasteiger partial charge on any atom is 0.137 e. The highest BCUT2D eigenvalue weighted by Gasteiger charge is 2.08. The number of benzene rings is 1. The number of ether oxygens (including phenoxy) is 2. The molecule has 1 aromatic carbocycles. The molecule has 0 aliphatic rings. The number of methoxy groups -OCH3 is 1. The van der Waals surface area contributed by atoms with Gasteiger partial charge in [-0.05, 0) is 38.1 Å². The van der Waals surface area contributed by atoms with Crippen LogP contribution in [0.25, 0.3) is 0 Å². The Morgan fingerprint density at radius 3 is 2.45 bits per heavy atom. The maximum atomic E-state index is 5.67. The van der Waals surface area contributed by atoms with Crippen LogP contribution in [0.15, 0.2) is 28.8 Å². The third-order valence-electron chi connectivity index (χ3n) is 2.98. The van der Waals surface area contributed by atoms with Crippen molar-refractivity contribution in [2.75, 3.05) is 19.5 Å². The topological polar surface area (TPSA) is 44.5 Å². The van der Waals surface area contributed by atoms with Crippen LogP contribution in [0.4, 0.5) is 0 Å². The maximum absolute atomic E-state index is 5.67. The average Bonchev–Trinajstić information content (AvgIpc) is 2.79. The summed E-state index contributed by atoms with van der Waals surface area (Å²) in [7, 11) is 1.65. The zero-order valence-electron chi connectivity index (χ0n) is 12.0. The van der Waals surface area contributed by atoms with Gasteiger partial charge >= 0.3 is 0 Å². The molecule has 0 unspecified atom stereocenters. The number of hydrogen-bond acceptors (Lipinski definition) is 5. The van der Waals surface area contributed by atoms with Crippen molar-refractivity contribution in [3.63, 3.8) is 0 Å². The van der Waals surface area contributed by atoms with E-state index in [1.54, 1.807) is 7.11 Å². The molecule has 20 heavy (non-hydrogen) atoms. The normalized spacial score (nSPS) is 10.6. The molecule has 0 saturated carbocycles. The molecule has 0 radical (unpaired) electrons. The molecule has 0 bridgehead atoms. The highest BCUT2D eigenvalue weighted by molar-refractivity contribution is 7.98. The van der Waals surface area contributed by atoms with Crippen LogP contribution >= 0.6 is 11.8 Å². The van der Waals surface area contributed by atoms with Gasteiger partial charge in [-0.1, -0.05) is 5.16 Å². The van der Waals surface area contributed by atoms with Gasteiger partial charge in [0.2, 0.25) is 0 Å². The molecule has 1 heterocycles. The zero-order valence-corrected chi connectivity index (χ0v) is 12.8. The molecule has 4 nitrogen and oxygen atoms in total. The van der Waals surface area contributed by atoms with Crippen LogP contribution in [-0.4, -0.2) is 24.6 Å². The Balaban J connectivity index is 1.69. The standard InChI is InChI=1S/C15H19NO3S/c1-11-15(12(2)19-16-11)10-20-9-8-18-14-6-4-13(17-3)5-7-14/h4-7H,8-10H2,1-3H3. The highest BCUT2D eigenvalue weighted by Crippen LogP contribution is 2.20. The van der Waals surface area contributed by atoms with Crippen molar-refractivity contribution in [2.24, 2.45) is 0 Å². The molecule has 5 heteroatoms. The summed E-state index contributed by atoms with van der Waals surface area (Å²) in [5.74, 6) is 4.45. The van der Waals surface area contributed by atoms with Crippen LogP contribution in [0, 0.1) is 13.8 Å². The molecule has 2 rings (SSSR count). The molecule has 0 aliphatic heterocycles. The van der Waals surface area contributed by atoms with Crippen LogP contribution in [0.3, 0.4) is 0 Å². The van der Waals surface area contributed by atoms with Crippen molar-refractivity contribution in [3.8, 4) is 11.5 Å². The predicted octanol–water partition coefficient (Wildman–Crippen LogP) is 3.61. The summed E-state index contributed by atoms with van der Waals surface area (Å²) in [4.78, 5) is 0. The van der Waals surface area contributed by atoms with Gasteiger partial charge in [-0.2, -0.15) is 11.8 Å². The summed E-state index contributed by atoms with van der Waals surface area (Å²) in [6, 6.07) is 7.62. The average molecular weight is 293 g/mol. The number of nitrogens with zero attached hydrogens (tertiary/aromatic N) is 1. The molecule has 1 aromatic heterocycles. The van der Waals surface area contributed by atoms with Gasteiger partial charge in [-0.3, -0.25) is 0 Å². The van der Waals surface area contributed by atoms with Crippen LogP contribution in [-0.2, 0) is 5.75 Å². The van der Waals surface area contributed by atoms with E-state index < -0.39 is 0 Å². The lowest BCUT2D eigenvalue weighted by Crippen LogP contribution is -2.00. The van der Waals surface area contributed by atoms with E-state index in [9.17, 15) is 0 Å². The van der Waals surface area contributed by atoms with Gasteiger partial charge in [0, 0.05) is 17.1 Å². The quantitative estimate of drug-likeness (QED) is 0.730. The minimum Gasteiger partial charge on any atom is -0.497 e. The van der Waals surface area contributed by atoms with Gasteiger partial charge in [-0.15, -0.1) is 0 Å². The summed E-state index contributed by atoms with van der Waals surface area (Å²) in [5.41, 5.74) is 2.17. The Bertz CT molecular complexity index is 517. The second-order valence-electron chi connectivity index (χ2n) is 4.38. The van der Waals surface area contributed by atoms with Crippen LogP contribution in [0.1, 0.15) is 17.0 Å². The lowest BCUT2D eigenvalue weighted by atomic mass is 10.2. The minimum atomic E-state index is 0.681. The molecular weight excluding hydrogens is 274 g/mol. The van der Waals surface area contributed by atoms with Crippen molar-refractivity contribution < 1.29 is 14.0 Å². The largest absolute Gasteiger partial charge is 0.497 e. The van der Waals surface area contributed by atoms with Crippen molar-refractivity contribution in [1.29, 1.82) is 0 Å². The van der Waals surface area contributed by atoms with Gasteiger partial charge in [0.05, 0.1) is 19.4 Å². The molecule has 0 atom stereocenters. The first-order chi connectivity index (χ1) is 9.70. The molecule has 0 amide bonds. The summed E-state index contributed by atoms with van der Waals surface area (Å²) in [5, 5.41) is 3.95. The van der Waals surface area contributed by atoms with Gasteiger partial charge in [0.1, 0.15) is 17.3 Å². The zero-order chi connectivity index (χ0) is 14.4. The smallest absolute Gasteiger partial charge is 0.137 e. The van der Waals surface area contributed by atoms with Gasteiger partial charge < -0.3 is 14.0 Å². The summed E-state index contributed by atoms with van der Waals surface area (Å²) >= 11 is 1.82. The van der Waals surface area contributed by atoms with Crippen molar-refractivity contribution >= 4 is 11.8 Å². The van der Waals surface area contributed by atoms with E-state index >= 15 is 0 Å². The number of aromatic nitrogens is 1. The number of rotatable bonds is 7. The molecule has 0 saturated heterocycles. The second-order valence-corrected chi connectivity index (χ2v) is 5.48. The lowest BCUT2D eigenvalue weighted by Gasteiger charge is -2.07. The number of thioether (sulfide) groups is 1. The van der Waals surface area contributed by atoms with E-state index in [-0.39, 0.29) is 0 Å². The molecule has 0 fully saturated rings. The first-order valence-electron chi connectivity index (χ1n) is 6.47.